The van der Waals surface area contributed by atoms with Gasteiger partial charge in [0.15, 0.2) is 0 Å². The molecule has 0 radical (unpaired) electrons. The van der Waals surface area contributed by atoms with Gasteiger partial charge in [-0.05, 0) is 23.6 Å². The van der Waals surface area contributed by atoms with E-state index in [1.165, 1.54) is 0 Å². The average molecular weight is 228 g/mol. The number of fused-ring (bicyclic) bond motifs is 1. The number of rotatable bonds is 1. The Morgan fingerprint density at radius 1 is 1.29 bits per heavy atom. The molecule has 0 saturated heterocycles. The minimum absolute atomic E-state index is 0.126. The van der Waals surface area contributed by atoms with Crippen LogP contribution in [-0.2, 0) is 6.61 Å². The maximum absolute atomic E-state index is 9.08. The van der Waals surface area contributed by atoms with Gasteiger partial charge in [-0.25, -0.2) is 0 Å². The highest BCUT2D eigenvalue weighted by Gasteiger charge is 2.06. The van der Waals surface area contributed by atoms with E-state index in [9.17, 15) is 0 Å². The molecule has 1 heterocycles. The first-order chi connectivity index (χ1) is 6.72. The van der Waals surface area contributed by atoms with Gasteiger partial charge in [0.2, 0.25) is 0 Å². The summed E-state index contributed by atoms with van der Waals surface area (Å²) in [5.74, 6) is 0. The first-order valence-corrected chi connectivity index (χ1v) is 4.81. The second-order valence-electron chi connectivity index (χ2n) is 2.90. The number of aliphatic hydroxyl groups excluding tert-OH is 1. The molecule has 1 aromatic carbocycles. The van der Waals surface area contributed by atoms with Gasteiger partial charge in [-0.2, -0.15) is 0 Å². The lowest BCUT2D eigenvalue weighted by atomic mass is 10.1. The Hall–Kier alpha value is -0.830. The third-order valence-corrected chi connectivity index (χ3v) is 2.52. The van der Waals surface area contributed by atoms with Crippen LogP contribution in [0.3, 0.4) is 0 Å². The molecule has 1 N–H and O–H groups in total. The van der Waals surface area contributed by atoms with Crippen LogP contribution in [0.1, 0.15) is 5.69 Å². The van der Waals surface area contributed by atoms with Crippen LogP contribution in [-0.4, -0.2) is 10.1 Å². The summed E-state index contributed by atoms with van der Waals surface area (Å²) in [5.41, 5.74) is 0.573. The molecular weight excluding hydrogens is 221 g/mol. The zero-order valence-corrected chi connectivity index (χ0v) is 8.68. The number of hydrogen-bond donors (Lipinski definition) is 1. The van der Waals surface area contributed by atoms with Gasteiger partial charge in [0.1, 0.15) is 0 Å². The Morgan fingerprint density at radius 3 is 2.79 bits per heavy atom. The summed E-state index contributed by atoms with van der Waals surface area (Å²) >= 11 is 11.9. The normalized spacial score (nSPS) is 10.8. The molecule has 0 spiro atoms. The van der Waals surface area contributed by atoms with Crippen molar-refractivity contribution < 1.29 is 5.11 Å². The molecule has 0 aliphatic rings. The quantitative estimate of drug-likeness (QED) is 0.813. The van der Waals surface area contributed by atoms with E-state index >= 15 is 0 Å². The molecule has 4 heteroatoms. The second-order valence-corrected chi connectivity index (χ2v) is 3.75. The van der Waals surface area contributed by atoms with Gasteiger partial charge < -0.3 is 5.11 Å². The lowest BCUT2D eigenvalue weighted by molar-refractivity contribution is 0.278. The number of nitrogens with zero attached hydrogens (tertiary/aromatic N) is 1. The molecule has 14 heavy (non-hydrogen) atoms. The number of benzene rings is 1. The molecule has 0 bridgehead atoms. The minimum atomic E-state index is -0.126. The molecule has 2 rings (SSSR count). The average Bonchev–Trinajstić information content (AvgIpc) is 2.16. The van der Waals surface area contributed by atoms with E-state index in [4.69, 9.17) is 28.3 Å². The summed E-state index contributed by atoms with van der Waals surface area (Å²) in [6.07, 6.45) is 1.63. The van der Waals surface area contributed by atoms with E-state index in [0.717, 1.165) is 10.8 Å². The number of pyridine rings is 1. The Kier molecular flexibility index (Phi) is 2.59. The highest BCUT2D eigenvalue weighted by Crippen LogP contribution is 2.29. The van der Waals surface area contributed by atoms with Gasteiger partial charge in [0, 0.05) is 16.6 Å². The van der Waals surface area contributed by atoms with Crippen molar-refractivity contribution in [1.29, 1.82) is 0 Å². The first-order valence-electron chi connectivity index (χ1n) is 4.06. The van der Waals surface area contributed by atoms with E-state index in [2.05, 4.69) is 4.98 Å². The molecule has 0 fully saturated rings. The molecule has 72 valence electrons. The fraction of sp³-hybridized carbons (Fsp3) is 0.100. The maximum atomic E-state index is 9.08. The van der Waals surface area contributed by atoms with Crippen LogP contribution in [0.5, 0.6) is 0 Å². The minimum Gasteiger partial charge on any atom is -0.390 e. The molecule has 0 saturated carbocycles. The van der Waals surface area contributed by atoms with Crippen LogP contribution in [0.2, 0.25) is 10.0 Å². The predicted octanol–water partition coefficient (Wildman–Crippen LogP) is 3.03. The number of halogens is 2. The molecule has 0 aliphatic heterocycles. The van der Waals surface area contributed by atoms with Crippen LogP contribution in [0.4, 0.5) is 0 Å². The van der Waals surface area contributed by atoms with Gasteiger partial charge >= 0.3 is 0 Å². The van der Waals surface area contributed by atoms with Crippen LogP contribution < -0.4 is 0 Å². The number of aliphatic hydroxyl groups is 1. The van der Waals surface area contributed by atoms with Crippen molar-refractivity contribution in [3.63, 3.8) is 0 Å². The molecule has 2 nitrogen and oxygen atoms in total. The zero-order chi connectivity index (χ0) is 10.1. The van der Waals surface area contributed by atoms with Crippen LogP contribution >= 0.6 is 23.2 Å². The molecular formula is C10H7Cl2NO. The van der Waals surface area contributed by atoms with Crippen molar-refractivity contribution in [3.8, 4) is 0 Å². The monoisotopic (exact) mass is 227 g/mol. The third kappa shape index (κ3) is 1.57. The molecule has 0 unspecified atom stereocenters. The van der Waals surface area contributed by atoms with E-state index in [0.29, 0.717) is 15.7 Å². The second kappa shape index (κ2) is 3.73. The fourth-order valence-corrected chi connectivity index (χ4v) is 2.04. The van der Waals surface area contributed by atoms with Crippen LogP contribution in [0.15, 0.2) is 24.4 Å². The summed E-state index contributed by atoms with van der Waals surface area (Å²) < 4.78 is 0. The van der Waals surface area contributed by atoms with Crippen molar-refractivity contribution >= 4 is 34.0 Å². The van der Waals surface area contributed by atoms with Crippen LogP contribution in [0.25, 0.3) is 10.8 Å². The smallest absolute Gasteiger partial charge is 0.0859 e. The zero-order valence-electron chi connectivity index (χ0n) is 7.17. The molecule has 1 aromatic heterocycles. The van der Waals surface area contributed by atoms with Crippen LogP contribution in [0, 0.1) is 0 Å². The summed E-state index contributed by atoms with van der Waals surface area (Å²) in [5, 5.41) is 11.8. The number of aromatic nitrogens is 1. The standard InChI is InChI=1S/C10H7Cl2NO/c11-7-3-6-1-2-13-9(5-14)10(6)8(12)4-7/h1-4,14H,5H2. The molecule has 0 aliphatic carbocycles. The van der Waals surface area contributed by atoms with Crippen molar-refractivity contribution in [2.75, 3.05) is 0 Å². The topological polar surface area (TPSA) is 33.1 Å². The summed E-state index contributed by atoms with van der Waals surface area (Å²) in [6, 6.07) is 5.25. The first kappa shape index (κ1) is 9.71. The lowest BCUT2D eigenvalue weighted by Gasteiger charge is -2.05. The van der Waals surface area contributed by atoms with Crippen molar-refractivity contribution in [2.24, 2.45) is 0 Å². The van der Waals surface area contributed by atoms with Gasteiger partial charge in [0.05, 0.1) is 17.3 Å². The molecule has 2 aromatic rings. The van der Waals surface area contributed by atoms with Gasteiger partial charge in [-0.15, -0.1) is 0 Å². The van der Waals surface area contributed by atoms with E-state index < -0.39 is 0 Å². The van der Waals surface area contributed by atoms with Gasteiger partial charge in [-0.3, -0.25) is 4.98 Å². The van der Waals surface area contributed by atoms with Gasteiger partial charge in [-0.1, -0.05) is 23.2 Å². The third-order valence-electron chi connectivity index (χ3n) is 2.01. The van der Waals surface area contributed by atoms with Crippen molar-refractivity contribution in [2.45, 2.75) is 6.61 Å². The van der Waals surface area contributed by atoms with E-state index in [1.807, 2.05) is 6.07 Å². The highest BCUT2D eigenvalue weighted by atomic mass is 35.5. The highest BCUT2D eigenvalue weighted by molar-refractivity contribution is 6.38. The van der Waals surface area contributed by atoms with E-state index in [-0.39, 0.29) is 6.61 Å². The van der Waals surface area contributed by atoms with Gasteiger partial charge in [0.25, 0.3) is 0 Å². The summed E-state index contributed by atoms with van der Waals surface area (Å²) in [4.78, 5) is 4.04. The number of hydrogen-bond acceptors (Lipinski definition) is 2. The SMILES string of the molecule is OCc1nccc2cc(Cl)cc(Cl)c12. The summed E-state index contributed by atoms with van der Waals surface area (Å²) in [7, 11) is 0. The Bertz CT molecular complexity index is 485. The van der Waals surface area contributed by atoms with Crippen molar-refractivity contribution in [3.05, 3.63) is 40.1 Å². The largest absolute Gasteiger partial charge is 0.390 e. The Labute approximate surface area is 91.1 Å². The maximum Gasteiger partial charge on any atom is 0.0859 e. The molecule has 0 atom stereocenters. The predicted molar refractivity (Wildman–Crippen MR) is 57.7 cm³/mol. The van der Waals surface area contributed by atoms with E-state index in [1.54, 1.807) is 18.3 Å². The lowest BCUT2D eigenvalue weighted by Crippen LogP contribution is -1.91. The fourth-order valence-electron chi connectivity index (χ4n) is 1.42. The summed E-state index contributed by atoms with van der Waals surface area (Å²) in [6.45, 7) is -0.126. The Balaban J connectivity index is 2.87. The van der Waals surface area contributed by atoms with Crippen molar-refractivity contribution in [1.82, 2.24) is 4.98 Å². The Morgan fingerprint density at radius 2 is 2.07 bits per heavy atom. The molecule has 0 amide bonds.